The molecule has 0 radical (unpaired) electrons. The minimum atomic E-state index is -0.139. The minimum Gasteiger partial charge on any atom is -0.274 e. The fourth-order valence-corrected chi connectivity index (χ4v) is 3.06. The van der Waals surface area contributed by atoms with Crippen molar-refractivity contribution in [3.63, 3.8) is 0 Å². The highest BCUT2D eigenvalue weighted by atomic mass is 35.5. The molecule has 1 saturated heterocycles. The Bertz CT molecular complexity index is 501. The second-order valence-corrected chi connectivity index (χ2v) is 5.42. The molecule has 3 nitrogen and oxygen atoms in total. The predicted molar refractivity (Wildman–Crippen MR) is 65.1 cm³/mol. The molecule has 3 rings (SSSR count). The molecule has 1 heterocycles. The summed E-state index contributed by atoms with van der Waals surface area (Å²) in [6.07, 6.45) is 0. The minimum absolute atomic E-state index is 0.133. The van der Waals surface area contributed by atoms with Crippen LogP contribution in [-0.4, -0.2) is 11.8 Å². The lowest BCUT2D eigenvalue weighted by molar-refractivity contribution is -0.124. The van der Waals surface area contributed by atoms with Gasteiger partial charge in [-0.25, -0.2) is 4.90 Å². The Morgan fingerprint density at radius 3 is 1.94 bits per heavy atom. The van der Waals surface area contributed by atoms with Crippen LogP contribution >= 0.6 is 23.2 Å². The van der Waals surface area contributed by atoms with E-state index in [1.165, 1.54) is 4.90 Å². The number of hydrogen-bond acceptors (Lipinski definition) is 2. The average molecular weight is 270 g/mol. The van der Waals surface area contributed by atoms with Crippen LogP contribution in [0.5, 0.6) is 0 Å². The van der Waals surface area contributed by atoms with Gasteiger partial charge in [-0.3, -0.25) is 9.59 Å². The Balaban J connectivity index is 2.01. The monoisotopic (exact) mass is 269 g/mol. The lowest BCUT2D eigenvalue weighted by atomic mass is 10.2. The van der Waals surface area contributed by atoms with Crippen LogP contribution in [0.2, 0.25) is 10.0 Å². The van der Waals surface area contributed by atoms with Crippen LogP contribution < -0.4 is 4.90 Å². The second kappa shape index (κ2) is 3.47. The van der Waals surface area contributed by atoms with Gasteiger partial charge in [-0.15, -0.1) is 0 Å². The third-order valence-corrected chi connectivity index (χ3v) is 3.93. The summed E-state index contributed by atoms with van der Waals surface area (Å²) in [5.41, 5.74) is 0.469. The van der Waals surface area contributed by atoms with Gasteiger partial charge >= 0.3 is 0 Å². The van der Waals surface area contributed by atoms with Crippen molar-refractivity contribution in [3.8, 4) is 0 Å². The van der Waals surface area contributed by atoms with Crippen molar-refractivity contribution in [2.45, 2.75) is 6.92 Å². The van der Waals surface area contributed by atoms with Gasteiger partial charge in [-0.05, 0) is 24.1 Å². The average Bonchev–Trinajstić information content (AvgIpc) is 2.79. The zero-order valence-corrected chi connectivity index (χ0v) is 10.5. The smallest absolute Gasteiger partial charge is 0.237 e. The Morgan fingerprint density at radius 2 is 1.47 bits per heavy atom. The van der Waals surface area contributed by atoms with E-state index in [1.54, 1.807) is 18.2 Å². The van der Waals surface area contributed by atoms with E-state index in [0.717, 1.165) is 0 Å². The zero-order chi connectivity index (χ0) is 12.3. The fourth-order valence-electron chi connectivity index (χ4n) is 2.55. The Hall–Kier alpha value is -1.06. The molecule has 2 fully saturated rings. The van der Waals surface area contributed by atoms with Crippen molar-refractivity contribution in [3.05, 3.63) is 28.2 Å². The highest BCUT2D eigenvalue weighted by Crippen LogP contribution is 2.54. The number of anilines is 1. The van der Waals surface area contributed by atoms with Crippen LogP contribution in [0, 0.1) is 17.8 Å². The van der Waals surface area contributed by atoms with E-state index in [4.69, 9.17) is 23.2 Å². The summed E-state index contributed by atoms with van der Waals surface area (Å²) in [6, 6.07) is 4.73. The van der Waals surface area contributed by atoms with Crippen LogP contribution in [0.3, 0.4) is 0 Å². The number of rotatable bonds is 1. The number of carbonyl (C=O) groups excluding carboxylic acids is 2. The molecule has 5 heteroatoms. The van der Waals surface area contributed by atoms with Gasteiger partial charge in [0.05, 0.1) is 17.5 Å². The molecule has 1 aromatic rings. The number of halogens is 2. The zero-order valence-electron chi connectivity index (χ0n) is 8.98. The van der Waals surface area contributed by atoms with Crippen molar-refractivity contribution >= 4 is 40.7 Å². The van der Waals surface area contributed by atoms with E-state index in [9.17, 15) is 9.59 Å². The summed E-state index contributed by atoms with van der Waals surface area (Å²) < 4.78 is 0. The van der Waals surface area contributed by atoms with E-state index in [0.29, 0.717) is 15.7 Å². The fraction of sp³-hybridized carbons (Fsp3) is 0.333. The lowest BCUT2D eigenvalue weighted by Gasteiger charge is -2.18. The lowest BCUT2D eigenvalue weighted by Crippen LogP contribution is -2.34. The van der Waals surface area contributed by atoms with Gasteiger partial charge in [-0.2, -0.15) is 0 Å². The van der Waals surface area contributed by atoms with E-state index in [-0.39, 0.29) is 29.6 Å². The topological polar surface area (TPSA) is 37.4 Å². The van der Waals surface area contributed by atoms with Crippen LogP contribution in [0.25, 0.3) is 0 Å². The number of benzene rings is 1. The molecule has 0 N–H and O–H groups in total. The Labute approximate surface area is 108 Å². The third-order valence-electron chi connectivity index (χ3n) is 3.50. The summed E-state index contributed by atoms with van der Waals surface area (Å²) in [5, 5.41) is 0.837. The number of amides is 2. The number of carbonyl (C=O) groups is 2. The van der Waals surface area contributed by atoms with Crippen LogP contribution in [0.4, 0.5) is 5.69 Å². The molecule has 0 bridgehead atoms. The van der Waals surface area contributed by atoms with E-state index in [1.807, 2.05) is 6.92 Å². The van der Waals surface area contributed by atoms with Crippen LogP contribution in [0.1, 0.15) is 6.92 Å². The standard InChI is InChI=1S/C12H9Cl2NO2/c1-5-9-10(5)12(17)15(11(9)16)8-3-6(13)2-7(14)4-8/h2-5,9-10H,1H3/t5?,9-,10+. The number of hydrogen-bond donors (Lipinski definition) is 0. The normalized spacial score (nSPS) is 30.8. The molecule has 1 saturated carbocycles. The van der Waals surface area contributed by atoms with Crippen molar-refractivity contribution in [2.75, 3.05) is 4.90 Å². The first-order valence-electron chi connectivity index (χ1n) is 5.34. The second-order valence-electron chi connectivity index (χ2n) is 4.55. The van der Waals surface area contributed by atoms with Gasteiger partial charge in [0.25, 0.3) is 0 Å². The van der Waals surface area contributed by atoms with E-state index < -0.39 is 0 Å². The first-order chi connectivity index (χ1) is 8.00. The first-order valence-corrected chi connectivity index (χ1v) is 6.10. The maximum absolute atomic E-state index is 12.0. The number of piperidine rings is 1. The van der Waals surface area contributed by atoms with Gasteiger partial charge in [0.2, 0.25) is 11.8 Å². The number of fused-ring (bicyclic) bond motifs is 1. The highest BCUT2D eigenvalue weighted by molar-refractivity contribution is 6.36. The van der Waals surface area contributed by atoms with Gasteiger partial charge in [-0.1, -0.05) is 30.1 Å². The molecule has 1 aromatic carbocycles. The summed E-state index contributed by atoms with van der Waals surface area (Å²) in [4.78, 5) is 25.2. The molecule has 1 aliphatic heterocycles. The predicted octanol–water partition coefficient (Wildman–Crippen LogP) is 2.75. The molecule has 2 aliphatic rings. The van der Waals surface area contributed by atoms with Crippen LogP contribution in [0.15, 0.2) is 18.2 Å². The molecule has 0 aromatic heterocycles. The van der Waals surface area contributed by atoms with Gasteiger partial charge in [0.1, 0.15) is 0 Å². The maximum atomic E-state index is 12.0. The van der Waals surface area contributed by atoms with E-state index in [2.05, 4.69) is 0 Å². The summed E-state index contributed by atoms with van der Waals surface area (Å²) >= 11 is 11.7. The van der Waals surface area contributed by atoms with Gasteiger partial charge < -0.3 is 0 Å². The molecule has 17 heavy (non-hydrogen) atoms. The molecular weight excluding hydrogens is 261 g/mol. The Kier molecular flexibility index (Phi) is 2.25. The summed E-state index contributed by atoms with van der Waals surface area (Å²) in [5.74, 6) is -0.363. The number of imide groups is 1. The molecule has 3 atom stereocenters. The maximum Gasteiger partial charge on any atom is 0.237 e. The highest BCUT2D eigenvalue weighted by Gasteiger charge is 2.65. The van der Waals surface area contributed by atoms with Crippen molar-refractivity contribution < 1.29 is 9.59 Å². The first kappa shape index (κ1) is 11.1. The van der Waals surface area contributed by atoms with Crippen molar-refractivity contribution in [1.29, 1.82) is 0 Å². The molecule has 88 valence electrons. The summed E-state index contributed by atoms with van der Waals surface area (Å²) in [6.45, 7) is 1.92. The molecular formula is C12H9Cl2NO2. The van der Waals surface area contributed by atoms with Crippen molar-refractivity contribution in [1.82, 2.24) is 0 Å². The summed E-state index contributed by atoms with van der Waals surface area (Å²) in [7, 11) is 0. The third kappa shape index (κ3) is 1.49. The number of nitrogens with zero attached hydrogens (tertiary/aromatic N) is 1. The van der Waals surface area contributed by atoms with Crippen molar-refractivity contribution in [2.24, 2.45) is 17.8 Å². The SMILES string of the molecule is CC1[C@H]2C(=O)N(c3cc(Cl)cc(Cl)c3)C(=O)[C@@H]12. The van der Waals surface area contributed by atoms with Gasteiger partial charge in [0, 0.05) is 10.0 Å². The molecule has 1 unspecified atom stereocenters. The van der Waals surface area contributed by atoms with Crippen LogP contribution in [-0.2, 0) is 9.59 Å². The van der Waals surface area contributed by atoms with E-state index >= 15 is 0 Å². The van der Waals surface area contributed by atoms with Gasteiger partial charge in [0.15, 0.2) is 0 Å². The molecule has 0 spiro atoms. The largest absolute Gasteiger partial charge is 0.274 e. The molecule has 1 aliphatic carbocycles. The quantitative estimate of drug-likeness (QED) is 0.736. The molecule has 2 amide bonds. The Morgan fingerprint density at radius 1 is 1.00 bits per heavy atom.